The molecule has 0 fully saturated rings. The van der Waals surface area contributed by atoms with Crippen LogP contribution in [-0.4, -0.2) is 23.0 Å². The molecule has 0 aliphatic carbocycles. The fraction of sp³-hybridized carbons (Fsp3) is 0.125. The Bertz CT molecular complexity index is 698. The van der Waals surface area contributed by atoms with Gasteiger partial charge in [0.15, 0.2) is 0 Å². The highest BCUT2D eigenvalue weighted by atomic mass is 16.4. The lowest BCUT2D eigenvalue weighted by Gasteiger charge is -2.27. The minimum absolute atomic E-state index is 0.116. The average molecular weight is 282 g/mol. The van der Waals surface area contributed by atoms with Crippen molar-refractivity contribution in [3.63, 3.8) is 0 Å². The van der Waals surface area contributed by atoms with E-state index in [0.29, 0.717) is 17.8 Å². The molecule has 5 nitrogen and oxygen atoms in total. The highest BCUT2D eigenvalue weighted by molar-refractivity contribution is 6.04. The van der Waals surface area contributed by atoms with Crippen LogP contribution in [0.5, 0.6) is 0 Å². The van der Waals surface area contributed by atoms with E-state index in [1.165, 1.54) is 12.1 Å². The van der Waals surface area contributed by atoms with Crippen LogP contribution in [0.2, 0.25) is 0 Å². The van der Waals surface area contributed by atoms with Crippen LogP contribution >= 0.6 is 0 Å². The zero-order valence-electron chi connectivity index (χ0n) is 11.2. The number of fused-ring (bicyclic) bond motifs is 1. The molecule has 1 aliphatic rings. The summed E-state index contributed by atoms with van der Waals surface area (Å²) in [4.78, 5) is 23.1. The Hall–Kier alpha value is -2.82. The van der Waals surface area contributed by atoms with E-state index >= 15 is 0 Å². The van der Waals surface area contributed by atoms with Gasteiger partial charge in [0.05, 0.1) is 16.9 Å². The molecule has 1 heterocycles. The van der Waals surface area contributed by atoms with E-state index in [9.17, 15) is 9.59 Å². The maximum absolute atomic E-state index is 12.1. The van der Waals surface area contributed by atoms with Gasteiger partial charge in [0.2, 0.25) is 5.91 Å². The van der Waals surface area contributed by atoms with Gasteiger partial charge in [-0.2, -0.15) is 0 Å². The molecular weight excluding hydrogens is 268 g/mol. The summed E-state index contributed by atoms with van der Waals surface area (Å²) in [6.45, 7) is 0. The van der Waals surface area contributed by atoms with E-state index in [-0.39, 0.29) is 11.5 Å². The van der Waals surface area contributed by atoms with Gasteiger partial charge in [-0.15, -0.1) is 0 Å². The minimum atomic E-state index is -0.990. The predicted molar refractivity (Wildman–Crippen MR) is 79.6 cm³/mol. The lowest BCUT2D eigenvalue weighted by molar-refractivity contribution is -0.117. The second-order valence-electron chi connectivity index (χ2n) is 4.94. The number of aromatic carboxylic acids is 1. The largest absolute Gasteiger partial charge is 0.478 e. The van der Waals surface area contributed by atoms with Crippen molar-refractivity contribution in [3.8, 4) is 0 Å². The van der Waals surface area contributed by atoms with Crippen LogP contribution in [0.4, 0.5) is 11.4 Å². The number of hydrogen-bond donors (Lipinski definition) is 3. The van der Waals surface area contributed by atoms with Gasteiger partial charge in [-0.25, -0.2) is 4.79 Å². The smallest absolute Gasteiger partial charge is 0.335 e. The van der Waals surface area contributed by atoms with Gasteiger partial charge >= 0.3 is 5.97 Å². The number of nitrogens with one attached hydrogen (secondary N) is 2. The normalized spacial score (nSPS) is 16.6. The third-order valence-corrected chi connectivity index (χ3v) is 3.45. The molecular formula is C16H14N2O3. The molecule has 1 atom stereocenters. The lowest BCUT2D eigenvalue weighted by atomic mass is 10.0. The molecule has 2 aromatic rings. The molecule has 0 unspecified atom stereocenters. The third-order valence-electron chi connectivity index (χ3n) is 3.45. The van der Waals surface area contributed by atoms with Gasteiger partial charge in [-0.1, -0.05) is 30.3 Å². The van der Waals surface area contributed by atoms with Gasteiger partial charge in [0.1, 0.15) is 6.04 Å². The first-order valence-corrected chi connectivity index (χ1v) is 6.62. The number of carbonyl (C=O) groups is 2. The van der Waals surface area contributed by atoms with E-state index in [1.54, 1.807) is 6.07 Å². The molecule has 0 spiro atoms. The Balaban J connectivity index is 1.85. The van der Waals surface area contributed by atoms with E-state index in [2.05, 4.69) is 10.6 Å². The summed E-state index contributed by atoms with van der Waals surface area (Å²) in [5.74, 6) is -1.11. The predicted octanol–water partition coefficient (Wildman–Crippen LogP) is 2.36. The molecule has 5 heteroatoms. The van der Waals surface area contributed by atoms with Crippen molar-refractivity contribution in [1.29, 1.82) is 0 Å². The standard InChI is InChI=1S/C16H14N2O3/c19-15-14(8-10-4-2-1-3-5-10)17-13-9-11(16(20)21)6-7-12(13)18-15/h1-7,9,14,17H,8H2,(H,18,19)(H,20,21)/t14-/m0/s1. The fourth-order valence-electron chi connectivity index (χ4n) is 2.37. The van der Waals surface area contributed by atoms with Crippen LogP contribution in [0.15, 0.2) is 48.5 Å². The molecule has 0 radical (unpaired) electrons. The van der Waals surface area contributed by atoms with Gasteiger partial charge in [0, 0.05) is 6.42 Å². The zero-order valence-corrected chi connectivity index (χ0v) is 11.2. The van der Waals surface area contributed by atoms with E-state index in [4.69, 9.17) is 5.11 Å². The first-order chi connectivity index (χ1) is 10.1. The Morgan fingerprint density at radius 1 is 1.10 bits per heavy atom. The number of carboxylic acids is 1. The summed E-state index contributed by atoms with van der Waals surface area (Å²) in [5.41, 5.74) is 2.48. The van der Waals surface area contributed by atoms with Gasteiger partial charge in [0.25, 0.3) is 0 Å². The molecule has 106 valence electrons. The summed E-state index contributed by atoms with van der Waals surface area (Å²) >= 11 is 0. The van der Waals surface area contributed by atoms with E-state index in [1.807, 2.05) is 30.3 Å². The highest BCUT2D eigenvalue weighted by Gasteiger charge is 2.26. The van der Waals surface area contributed by atoms with Crippen molar-refractivity contribution in [2.45, 2.75) is 12.5 Å². The molecule has 0 bridgehead atoms. The molecule has 3 N–H and O–H groups in total. The maximum Gasteiger partial charge on any atom is 0.335 e. The second-order valence-corrected chi connectivity index (χ2v) is 4.94. The SMILES string of the molecule is O=C(O)c1ccc2c(c1)N[C@@H](Cc1ccccc1)C(=O)N2. The van der Waals surface area contributed by atoms with Crippen molar-refractivity contribution in [2.75, 3.05) is 10.6 Å². The second kappa shape index (κ2) is 5.28. The summed E-state index contributed by atoms with van der Waals surface area (Å²) in [5, 5.41) is 14.9. The van der Waals surface area contributed by atoms with Crippen LogP contribution in [0.3, 0.4) is 0 Å². The quantitative estimate of drug-likeness (QED) is 0.807. The number of carbonyl (C=O) groups excluding carboxylic acids is 1. The topological polar surface area (TPSA) is 78.4 Å². The Kier molecular flexibility index (Phi) is 3.31. The molecule has 0 saturated heterocycles. The Morgan fingerprint density at radius 2 is 1.86 bits per heavy atom. The first kappa shape index (κ1) is 13.2. The van der Waals surface area contributed by atoms with Crippen molar-refractivity contribution in [3.05, 3.63) is 59.7 Å². The molecule has 1 amide bonds. The minimum Gasteiger partial charge on any atom is -0.478 e. The summed E-state index contributed by atoms with van der Waals surface area (Å²) in [6, 6.07) is 13.9. The number of rotatable bonds is 3. The molecule has 0 aromatic heterocycles. The Morgan fingerprint density at radius 3 is 2.57 bits per heavy atom. The summed E-state index contributed by atoms with van der Waals surface area (Å²) in [6.07, 6.45) is 0.545. The fourth-order valence-corrected chi connectivity index (χ4v) is 2.37. The highest BCUT2D eigenvalue weighted by Crippen LogP contribution is 2.28. The lowest BCUT2D eigenvalue weighted by Crippen LogP contribution is -2.40. The number of carboxylic acid groups (broad SMARTS) is 1. The first-order valence-electron chi connectivity index (χ1n) is 6.62. The van der Waals surface area contributed by atoms with E-state index in [0.717, 1.165) is 5.56 Å². The summed E-state index contributed by atoms with van der Waals surface area (Å²) < 4.78 is 0. The van der Waals surface area contributed by atoms with Crippen LogP contribution in [-0.2, 0) is 11.2 Å². The Labute approximate surface area is 121 Å². The van der Waals surface area contributed by atoms with Crippen molar-refractivity contribution < 1.29 is 14.7 Å². The van der Waals surface area contributed by atoms with Gasteiger partial charge in [-0.3, -0.25) is 4.79 Å². The molecule has 2 aromatic carbocycles. The number of benzene rings is 2. The van der Waals surface area contributed by atoms with Crippen LogP contribution in [0.1, 0.15) is 15.9 Å². The number of anilines is 2. The molecule has 0 saturated carbocycles. The van der Waals surface area contributed by atoms with Crippen LogP contribution in [0.25, 0.3) is 0 Å². The van der Waals surface area contributed by atoms with Crippen molar-refractivity contribution in [2.24, 2.45) is 0 Å². The van der Waals surface area contributed by atoms with Gasteiger partial charge in [-0.05, 0) is 23.8 Å². The average Bonchev–Trinajstić information content (AvgIpc) is 2.48. The van der Waals surface area contributed by atoms with Crippen molar-refractivity contribution in [1.82, 2.24) is 0 Å². The third kappa shape index (κ3) is 2.72. The van der Waals surface area contributed by atoms with Crippen LogP contribution < -0.4 is 10.6 Å². The number of amides is 1. The molecule has 21 heavy (non-hydrogen) atoms. The van der Waals surface area contributed by atoms with Crippen molar-refractivity contribution >= 4 is 23.3 Å². The van der Waals surface area contributed by atoms with Gasteiger partial charge < -0.3 is 15.7 Å². The van der Waals surface area contributed by atoms with Crippen LogP contribution in [0, 0.1) is 0 Å². The molecule has 3 rings (SSSR count). The number of hydrogen-bond acceptors (Lipinski definition) is 3. The zero-order chi connectivity index (χ0) is 14.8. The maximum atomic E-state index is 12.1. The monoisotopic (exact) mass is 282 g/mol. The van der Waals surface area contributed by atoms with E-state index < -0.39 is 12.0 Å². The molecule has 1 aliphatic heterocycles. The summed E-state index contributed by atoms with van der Waals surface area (Å²) in [7, 11) is 0.